The van der Waals surface area contributed by atoms with Gasteiger partial charge in [0.05, 0.1) is 24.9 Å². The van der Waals surface area contributed by atoms with Crippen molar-refractivity contribution in [3.05, 3.63) is 88.5 Å². The molecule has 0 atom stereocenters. The number of nitrogens with one attached hydrogen (secondary N) is 2. The number of anilines is 1. The summed E-state index contributed by atoms with van der Waals surface area (Å²) in [4.78, 5) is 24.9. The SMILES string of the molecule is COc1ccccc1NC(=O)COc1c(Cl)cc(/C=C(\C#N)C(=O)NCc2ccccc2)cc1OC. The second kappa shape index (κ2) is 12.8. The summed E-state index contributed by atoms with van der Waals surface area (Å²) in [7, 11) is 2.92. The number of carbonyl (C=O) groups excluding carboxylic acids is 2. The van der Waals surface area contributed by atoms with E-state index in [0.717, 1.165) is 5.56 Å². The van der Waals surface area contributed by atoms with E-state index in [2.05, 4.69) is 10.6 Å². The van der Waals surface area contributed by atoms with Gasteiger partial charge in [0, 0.05) is 6.54 Å². The Morgan fingerprint density at radius 1 is 1.00 bits per heavy atom. The predicted molar refractivity (Wildman–Crippen MR) is 137 cm³/mol. The molecule has 0 saturated carbocycles. The van der Waals surface area contributed by atoms with Crippen LogP contribution in [0.25, 0.3) is 6.08 Å². The van der Waals surface area contributed by atoms with Gasteiger partial charge in [0.15, 0.2) is 18.1 Å². The lowest BCUT2D eigenvalue weighted by Gasteiger charge is -2.14. The molecule has 0 aromatic heterocycles. The lowest BCUT2D eigenvalue weighted by Crippen LogP contribution is -2.23. The molecule has 0 spiro atoms. The number of ether oxygens (including phenoxy) is 3. The molecule has 0 aliphatic carbocycles. The predicted octanol–water partition coefficient (Wildman–Crippen LogP) is 4.60. The smallest absolute Gasteiger partial charge is 0.262 e. The molecule has 0 radical (unpaired) electrons. The van der Waals surface area contributed by atoms with Crippen molar-refractivity contribution in [1.29, 1.82) is 5.26 Å². The monoisotopic (exact) mass is 505 g/mol. The van der Waals surface area contributed by atoms with Crippen LogP contribution in [0.3, 0.4) is 0 Å². The summed E-state index contributed by atoms with van der Waals surface area (Å²) in [5.74, 6) is -0.0497. The summed E-state index contributed by atoms with van der Waals surface area (Å²) in [6.45, 7) is -0.0544. The number of nitriles is 1. The quantitative estimate of drug-likeness (QED) is 0.308. The molecule has 9 heteroatoms. The summed E-state index contributed by atoms with van der Waals surface area (Å²) in [5.41, 5.74) is 1.76. The first-order valence-electron chi connectivity index (χ1n) is 10.8. The molecule has 184 valence electrons. The van der Waals surface area contributed by atoms with E-state index in [4.69, 9.17) is 25.8 Å². The molecule has 0 unspecified atom stereocenters. The van der Waals surface area contributed by atoms with Crippen LogP contribution in [0.4, 0.5) is 5.69 Å². The highest BCUT2D eigenvalue weighted by Crippen LogP contribution is 2.37. The largest absolute Gasteiger partial charge is 0.495 e. The maximum absolute atomic E-state index is 12.5. The average Bonchev–Trinajstić information content (AvgIpc) is 2.90. The van der Waals surface area contributed by atoms with Crippen LogP contribution < -0.4 is 24.8 Å². The molecule has 3 rings (SSSR count). The summed E-state index contributed by atoms with van der Waals surface area (Å²) in [6.07, 6.45) is 1.40. The number of hydrogen-bond acceptors (Lipinski definition) is 6. The Kier molecular flexibility index (Phi) is 9.32. The van der Waals surface area contributed by atoms with Gasteiger partial charge in [0.1, 0.15) is 17.4 Å². The first-order valence-corrected chi connectivity index (χ1v) is 11.2. The first-order chi connectivity index (χ1) is 17.4. The molecule has 36 heavy (non-hydrogen) atoms. The molecule has 2 amide bonds. The van der Waals surface area contributed by atoms with Gasteiger partial charge in [-0.2, -0.15) is 5.26 Å². The van der Waals surface area contributed by atoms with Gasteiger partial charge in [-0.1, -0.05) is 54.1 Å². The zero-order valence-corrected chi connectivity index (χ0v) is 20.5. The molecule has 8 nitrogen and oxygen atoms in total. The summed E-state index contributed by atoms with van der Waals surface area (Å²) < 4.78 is 16.2. The first kappa shape index (κ1) is 26.1. The number of methoxy groups -OCH3 is 2. The molecule has 0 saturated heterocycles. The van der Waals surface area contributed by atoms with Gasteiger partial charge in [0.2, 0.25) is 0 Å². The van der Waals surface area contributed by atoms with E-state index in [-0.39, 0.29) is 35.2 Å². The zero-order valence-electron chi connectivity index (χ0n) is 19.7. The number of benzene rings is 3. The molecule has 0 heterocycles. The lowest BCUT2D eigenvalue weighted by atomic mass is 10.1. The third-order valence-corrected chi connectivity index (χ3v) is 5.23. The van der Waals surface area contributed by atoms with Crippen molar-refractivity contribution in [1.82, 2.24) is 5.32 Å². The van der Waals surface area contributed by atoms with Crippen molar-refractivity contribution in [2.24, 2.45) is 0 Å². The number of hydrogen-bond donors (Lipinski definition) is 2. The zero-order chi connectivity index (χ0) is 25.9. The van der Waals surface area contributed by atoms with Crippen molar-refractivity contribution in [3.8, 4) is 23.3 Å². The highest BCUT2D eigenvalue weighted by atomic mass is 35.5. The number of para-hydroxylation sites is 2. The topological polar surface area (TPSA) is 110 Å². The molecule has 0 fully saturated rings. The van der Waals surface area contributed by atoms with Crippen LogP contribution in [0, 0.1) is 11.3 Å². The van der Waals surface area contributed by atoms with Gasteiger partial charge in [-0.3, -0.25) is 9.59 Å². The van der Waals surface area contributed by atoms with Crippen molar-refractivity contribution in [2.45, 2.75) is 6.54 Å². The number of halogens is 1. The average molecular weight is 506 g/mol. The second-order valence-corrected chi connectivity index (χ2v) is 7.82. The Bertz CT molecular complexity index is 1300. The van der Waals surface area contributed by atoms with Gasteiger partial charge in [-0.05, 0) is 41.5 Å². The number of carbonyl (C=O) groups is 2. The van der Waals surface area contributed by atoms with E-state index in [9.17, 15) is 14.9 Å². The number of rotatable bonds is 10. The van der Waals surface area contributed by atoms with Crippen molar-refractivity contribution in [2.75, 3.05) is 26.1 Å². The maximum atomic E-state index is 12.5. The van der Waals surface area contributed by atoms with Crippen LogP contribution in [0.1, 0.15) is 11.1 Å². The third-order valence-electron chi connectivity index (χ3n) is 4.95. The highest BCUT2D eigenvalue weighted by Gasteiger charge is 2.16. The number of nitrogens with zero attached hydrogens (tertiary/aromatic N) is 1. The van der Waals surface area contributed by atoms with Gasteiger partial charge < -0.3 is 24.8 Å². The minimum atomic E-state index is -0.523. The Balaban J connectivity index is 1.70. The standard InChI is InChI=1S/C27H24ClN3O5/c1-34-23-11-7-6-10-22(23)31-25(32)17-36-26-21(28)13-19(14-24(26)35-2)12-20(15-29)27(33)30-16-18-8-4-3-5-9-18/h3-14H,16-17H2,1-2H3,(H,30,33)(H,31,32)/b20-12+. The van der Waals surface area contributed by atoms with Crippen LogP contribution in [-0.2, 0) is 16.1 Å². The minimum Gasteiger partial charge on any atom is -0.495 e. The normalized spacial score (nSPS) is 10.7. The van der Waals surface area contributed by atoms with E-state index < -0.39 is 11.8 Å². The van der Waals surface area contributed by atoms with E-state index in [1.165, 1.54) is 26.4 Å². The summed E-state index contributed by atoms with van der Waals surface area (Å²) >= 11 is 6.38. The Morgan fingerprint density at radius 2 is 1.69 bits per heavy atom. The molecule has 0 aliphatic heterocycles. The molecule has 3 aromatic carbocycles. The van der Waals surface area contributed by atoms with Crippen molar-refractivity contribution >= 4 is 35.2 Å². The van der Waals surface area contributed by atoms with E-state index in [1.54, 1.807) is 30.3 Å². The van der Waals surface area contributed by atoms with Gasteiger partial charge in [-0.15, -0.1) is 0 Å². The van der Waals surface area contributed by atoms with Gasteiger partial charge >= 0.3 is 0 Å². The Morgan fingerprint density at radius 3 is 2.39 bits per heavy atom. The highest BCUT2D eigenvalue weighted by molar-refractivity contribution is 6.32. The summed E-state index contributed by atoms with van der Waals surface area (Å²) in [6, 6.07) is 21.3. The van der Waals surface area contributed by atoms with Crippen molar-refractivity contribution < 1.29 is 23.8 Å². The molecule has 0 aliphatic rings. The molecular weight excluding hydrogens is 482 g/mol. The third kappa shape index (κ3) is 7.01. The fourth-order valence-electron chi connectivity index (χ4n) is 3.22. The van der Waals surface area contributed by atoms with Crippen LogP contribution in [-0.4, -0.2) is 32.6 Å². The Labute approximate surface area is 214 Å². The van der Waals surface area contributed by atoms with Gasteiger partial charge in [0.25, 0.3) is 11.8 Å². The van der Waals surface area contributed by atoms with E-state index in [1.807, 2.05) is 36.4 Å². The van der Waals surface area contributed by atoms with Crippen LogP contribution >= 0.6 is 11.6 Å². The lowest BCUT2D eigenvalue weighted by molar-refractivity contribution is -0.118. The summed E-state index contributed by atoms with van der Waals surface area (Å²) in [5, 5.41) is 15.1. The molecule has 2 N–H and O–H groups in total. The molecule has 0 bridgehead atoms. The van der Waals surface area contributed by atoms with Crippen LogP contribution in [0.2, 0.25) is 5.02 Å². The minimum absolute atomic E-state index is 0.103. The van der Waals surface area contributed by atoms with E-state index in [0.29, 0.717) is 17.0 Å². The fourth-order valence-corrected chi connectivity index (χ4v) is 3.50. The van der Waals surface area contributed by atoms with Gasteiger partial charge in [-0.25, -0.2) is 0 Å². The Hall–Kier alpha value is -4.48. The van der Waals surface area contributed by atoms with E-state index >= 15 is 0 Å². The fraction of sp³-hybridized carbons (Fsp3) is 0.148. The second-order valence-electron chi connectivity index (χ2n) is 7.41. The van der Waals surface area contributed by atoms with Crippen molar-refractivity contribution in [3.63, 3.8) is 0 Å². The molecule has 3 aromatic rings. The maximum Gasteiger partial charge on any atom is 0.262 e. The molecular formula is C27H24ClN3O5. The van der Waals surface area contributed by atoms with Crippen LogP contribution in [0.5, 0.6) is 17.2 Å². The number of amides is 2. The van der Waals surface area contributed by atoms with Crippen LogP contribution in [0.15, 0.2) is 72.3 Å².